The molecule has 0 spiro atoms. The minimum absolute atomic E-state index is 0.0424. The number of nitrogens with one attached hydrogen (secondary N) is 2. The number of hydrogen-bond donors (Lipinski definition) is 2. The number of halogens is 5. The number of aryl methyl sites for hydroxylation is 1. The highest BCUT2D eigenvalue weighted by molar-refractivity contribution is 5.92. The molecule has 3 amide bonds. The Morgan fingerprint density at radius 2 is 1.97 bits per heavy atom. The van der Waals surface area contributed by atoms with Crippen molar-refractivity contribution >= 4 is 17.6 Å². The third kappa shape index (κ3) is 6.72. The van der Waals surface area contributed by atoms with Crippen LogP contribution in [0.3, 0.4) is 0 Å². The molecule has 4 heterocycles. The van der Waals surface area contributed by atoms with E-state index in [4.69, 9.17) is 0 Å². The van der Waals surface area contributed by atoms with Crippen LogP contribution in [0, 0.1) is 6.92 Å². The molecule has 206 valence electrons. The average molecular weight is 544 g/mol. The Morgan fingerprint density at radius 3 is 2.55 bits per heavy atom. The highest BCUT2D eigenvalue weighted by Gasteiger charge is 2.46. The maximum Gasteiger partial charge on any atom is 0.410 e. The molecule has 1 aliphatic heterocycles. The average Bonchev–Trinajstić information content (AvgIpc) is 3.56. The minimum atomic E-state index is -4.50. The zero-order valence-electron chi connectivity index (χ0n) is 20.3. The fraction of sp³-hybridized carbons (Fsp3) is 0.545. The molecule has 0 bridgehead atoms. The van der Waals surface area contributed by atoms with Crippen molar-refractivity contribution in [1.29, 1.82) is 0 Å². The van der Waals surface area contributed by atoms with Crippen LogP contribution >= 0.6 is 0 Å². The van der Waals surface area contributed by atoms with Crippen molar-refractivity contribution < 1.29 is 36.2 Å². The van der Waals surface area contributed by atoms with Crippen LogP contribution in [0.2, 0.25) is 0 Å². The van der Waals surface area contributed by atoms with Crippen molar-refractivity contribution in [3.8, 4) is 0 Å². The Labute approximate surface area is 212 Å². The summed E-state index contributed by atoms with van der Waals surface area (Å²) in [5.74, 6) is -2.79. The van der Waals surface area contributed by atoms with Crippen LogP contribution in [0.5, 0.6) is 0 Å². The zero-order chi connectivity index (χ0) is 27.5. The number of aromatic nitrogens is 5. The Morgan fingerprint density at radius 1 is 1.24 bits per heavy atom. The molecule has 11 nitrogen and oxygen atoms in total. The predicted octanol–water partition coefficient (Wildman–Crippen LogP) is 3.39. The second-order valence-corrected chi connectivity index (χ2v) is 9.12. The van der Waals surface area contributed by atoms with Crippen LogP contribution in [0.1, 0.15) is 59.5 Å². The van der Waals surface area contributed by atoms with Crippen molar-refractivity contribution in [2.75, 3.05) is 6.54 Å². The Balaban J connectivity index is 0.000000360. The molecule has 0 aromatic carbocycles. The lowest BCUT2D eigenvalue weighted by Gasteiger charge is -2.20. The molecule has 3 aromatic heterocycles. The van der Waals surface area contributed by atoms with E-state index in [0.29, 0.717) is 35.4 Å². The molecule has 3 aromatic rings. The van der Waals surface area contributed by atoms with Gasteiger partial charge in [0.1, 0.15) is 11.7 Å². The summed E-state index contributed by atoms with van der Waals surface area (Å²) < 4.78 is 68.7. The molecule has 1 atom stereocenters. The molecule has 2 N–H and O–H groups in total. The van der Waals surface area contributed by atoms with Gasteiger partial charge in [-0.15, -0.1) is 0 Å². The first-order chi connectivity index (χ1) is 17.9. The molecule has 16 heteroatoms. The molecule has 1 aliphatic carbocycles. The second-order valence-electron chi connectivity index (χ2n) is 9.12. The van der Waals surface area contributed by atoms with Crippen LogP contribution in [0.25, 0.3) is 5.65 Å². The second kappa shape index (κ2) is 10.9. The number of rotatable bonds is 5. The van der Waals surface area contributed by atoms with Crippen molar-refractivity contribution in [1.82, 2.24) is 40.4 Å². The summed E-state index contributed by atoms with van der Waals surface area (Å²) in [5.41, 5.74) is 1.86. The van der Waals surface area contributed by atoms with E-state index >= 15 is 0 Å². The van der Waals surface area contributed by atoms with Gasteiger partial charge in [-0.2, -0.15) is 18.3 Å². The maximum absolute atomic E-state index is 12.8. The van der Waals surface area contributed by atoms with Gasteiger partial charge in [0.05, 0.1) is 31.2 Å². The highest BCUT2D eigenvalue weighted by atomic mass is 19.4. The Hall–Kier alpha value is -3.85. The van der Waals surface area contributed by atoms with E-state index in [1.807, 2.05) is 5.32 Å². The Kier molecular flexibility index (Phi) is 7.78. The summed E-state index contributed by atoms with van der Waals surface area (Å²) in [6.07, 6.45) is 1.19. The number of carbonyl (C=O) groups excluding carboxylic acids is 2. The van der Waals surface area contributed by atoms with Crippen LogP contribution in [0.4, 0.5) is 26.7 Å². The van der Waals surface area contributed by atoms with Crippen molar-refractivity contribution in [2.24, 2.45) is 0 Å². The number of imidazole rings is 1. The van der Waals surface area contributed by atoms with Gasteiger partial charge in [-0.3, -0.25) is 4.79 Å². The first-order valence-corrected chi connectivity index (χ1v) is 11.8. The smallest absolute Gasteiger partial charge is 0.345 e. The lowest BCUT2D eigenvalue weighted by Crippen LogP contribution is -2.40. The number of alkyl halides is 5. The quantitative estimate of drug-likeness (QED) is 0.471. The number of hydrogen-bond acceptors (Lipinski definition) is 7. The number of amides is 3. The summed E-state index contributed by atoms with van der Waals surface area (Å²) in [6.45, 7) is 1.15. The molecule has 2 fully saturated rings. The van der Waals surface area contributed by atoms with Gasteiger partial charge in [-0.25, -0.2) is 27.7 Å². The highest BCUT2D eigenvalue weighted by Crippen LogP contribution is 2.32. The van der Waals surface area contributed by atoms with Gasteiger partial charge in [0.15, 0.2) is 11.3 Å². The summed E-state index contributed by atoms with van der Waals surface area (Å²) in [4.78, 5) is 29.2. The van der Waals surface area contributed by atoms with Crippen molar-refractivity contribution in [3.05, 3.63) is 41.1 Å². The van der Waals surface area contributed by atoms with Crippen LogP contribution < -0.4 is 10.6 Å². The fourth-order valence-corrected chi connectivity index (χ4v) is 4.03. The van der Waals surface area contributed by atoms with Crippen molar-refractivity contribution in [2.45, 2.75) is 70.3 Å². The van der Waals surface area contributed by atoms with Gasteiger partial charge >= 0.3 is 12.2 Å². The van der Waals surface area contributed by atoms with E-state index < -0.39 is 36.6 Å². The molecule has 5 rings (SSSR count). The van der Waals surface area contributed by atoms with E-state index in [0.717, 1.165) is 11.3 Å². The molecule has 2 aliphatic rings. The number of carbonyl (C=O) groups is 2. The first kappa shape index (κ1) is 27.2. The third-order valence-corrected chi connectivity index (χ3v) is 6.07. The van der Waals surface area contributed by atoms with Gasteiger partial charge in [-0.1, -0.05) is 11.6 Å². The van der Waals surface area contributed by atoms with Gasteiger partial charge in [-0.05, 0) is 36.6 Å². The lowest BCUT2D eigenvalue weighted by molar-refractivity contribution is -0.149. The number of nitrogens with zero attached hydrogens (tertiary/aromatic N) is 6. The maximum atomic E-state index is 12.8. The summed E-state index contributed by atoms with van der Waals surface area (Å²) in [5, 5.41) is 15.7. The molecular formula is C22H25F5N8O3. The molecule has 1 unspecified atom stereocenters. The summed E-state index contributed by atoms with van der Waals surface area (Å²) in [7, 11) is 0. The third-order valence-electron chi connectivity index (χ3n) is 6.07. The predicted molar refractivity (Wildman–Crippen MR) is 120 cm³/mol. The topological polar surface area (TPSA) is 131 Å². The minimum Gasteiger partial charge on any atom is -0.345 e. The number of urea groups is 1. The largest absolute Gasteiger partial charge is 0.410 e. The molecule has 38 heavy (non-hydrogen) atoms. The molecule has 1 saturated heterocycles. The van der Waals surface area contributed by atoms with Crippen LogP contribution in [-0.4, -0.2) is 66.4 Å². The van der Waals surface area contributed by atoms with Crippen LogP contribution in [0.15, 0.2) is 23.1 Å². The molecule has 0 radical (unpaired) electrons. The first-order valence-electron chi connectivity index (χ1n) is 11.8. The van der Waals surface area contributed by atoms with Crippen molar-refractivity contribution in [3.63, 3.8) is 0 Å². The molecular weight excluding hydrogens is 519 g/mol. The fourth-order valence-electron chi connectivity index (χ4n) is 4.03. The van der Waals surface area contributed by atoms with Gasteiger partial charge < -0.3 is 15.5 Å². The monoisotopic (exact) mass is 544 g/mol. The van der Waals surface area contributed by atoms with E-state index in [9.17, 15) is 31.5 Å². The van der Waals surface area contributed by atoms with E-state index in [2.05, 4.69) is 30.3 Å². The van der Waals surface area contributed by atoms with Gasteiger partial charge in [0.2, 0.25) is 5.92 Å². The van der Waals surface area contributed by atoms with E-state index in [1.165, 1.54) is 10.7 Å². The lowest BCUT2D eigenvalue weighted by atomic mass is 9.97. The Bertz CT molecular complexity index is 1280. The standard InChI is InChI=1S/C16H15F3N8O3.C6H10F2/c1-8-13(25-30-24-8)14(28)20-4-10-6-27-12(22-10)2-9(3-21-27)5-26-7-11(16(17,18)19)23-15(26)29;7-6(8)4-2-1-3-5-6/h2-3,6,11H,4-5,7H2,1H3,(H,20,28)(H,23,29);1-5H2. The number of fused-ring (bicyclic) bond motifs is 1. The summed E-state index contributed by atoms with van der Waals surface area (Å²) >= 11 is 0. The van der Waals surface area contributed by atoms with Crippen LogP contribution in [-0.2, 0) is 13.1 Å². The summed E-state index contributed by atoms with van der Waals surface area (Å²) in [6, 6.07) is -1.08. The SMILES string of the molecule is Cc1nonc1C(=O)NCc1cn2ncc(CN3CC(C(F)(F)F)NC3=O)cc2n1.FC1(F)CCCCC1. The van der Waals surface area contributed by atoms with Gasteiger partial charge in [0.25, 0.3) is 5.91 Å². The normalized spacial score (nSPS) is 19.2. The molecule has 1 saturated carbocycles. The van der Waals surface area contributed by atoms with Gasteiger partial charge in [0, 0.05) is 19.4 Å². The van der Waals surface area contributed by atoms with E-state index in [-0.39, 0.29) is 31.6 Å². The zero-order valence-corrected chi connectivity index (χ0v) is 20.3. The van der Waals surface area contributed by atoms with E-state index in [1.54, 1.807) is 19.2 Å².